The first-order valence-electron chi connectivity index (χ1n) is 5.80. The number of nitrogens with zero attached hydrogens (tertiary/aromatic N) is 1. The number of benzene rings is 1. The summed E-state index contributed by atoms with van der Waals surface area (Å²) in [7, 11) is 0. The topological polar surface area (TPSA) is 15.3 Å². The van der Waals surface area contributed by atoms with E-state index < -0.39 is 34.9 Å². The lowest BCUT2D eigenvalue weighted by Crippen LogP contribution is -2.44. The van der Waals surface area contributed by atoms with Crippen LogP contribution in [0.2, 0.25) is 0 Å². The van der Waals surface area contributed by atoms with Crippen LogP contribution < -0.4 is 5.32 Å². The predicted octanol–water partition coefficient (Wildman–Crippen LogP) is 3.05. The number of hydrogen-bond donors (Lipinski definition) is 1. The van der Waals surface area contributed by atoms with Gasteiger partial charge >= 0.3 is 0 Å². The average Bonchev–Trinajstić information content (AvgIpc) is 2.37. The minimum absolute atomic E-state index is 0. The highest BCUT2D eigenvalue weighted by molar-refractivity contribution is 5.85. The van der Waals surface area contributed by atoms with Gasteiger partial charge < -0.3 is 5.32 Å². The number of nitrogens with one attached hydrogen (secondary N) is 1. The molecule has 2 rings (SSSR count). The molecule has 1 heterocycles. The SMILES string of the molecule is C[C@@H](c1c(F)c(F)cc(F)c1F)N1CCNCC1.Cl.Cl. The first kappa shape index (κ1) is 19.4. The van der Waals surface area contributed by atoms with Crippen molar-refractivity contribution in [3.05, 3.63) is 34.9 Å². The Labute approximate surface area is 127 Å². The van der Waals surface area contributed by atoms with Gasteiger partial charge in [0.2, 0.25) is 0 Å². The van der Waals surface area contributed by atoms with Crippen molar-refractivity contribution in [1.82, 2.24) is 10.2 Å². The molecule has 1 saturated heterocycles. The second kappa shape index (κ2) is 8.02. The zero-order valence-corrected chi connectivity index (χ0v) is 12.4. The molecule has 0 aliphatic carbocycles. The van der Waals surface area contributed by atoms with Gasteiger partial charge in [0.1, 0.15) is 0 Å². The molecule has 0 radical (unpaired) electrons. The fourth-order valence-corrected chi connectivity index (χ4v) is 2.21. The van der Waals surface area contributed by atoms with E-state index in [1.54, 1.807) is 11.8 Å². The Bertz CT molecular complexity index is 427. The molecule has 1 aliphatic heterocycles. The standard InChI is InChI=1S/C12H14F4N2.2ClH/c1-7(18-4-2-17-3-5-18)10-11(15)8(13)6-9(14)12(10)16;;/h6-7,17H,2-5H2,1H3;2*1H/t7-;;/m0../s1. The van der Waals surface area contributed by atoms with Crippen molar-refractivity contribution in [3.63, 3.8) is 0 Å². The van der Waals surface area contributed by atoms with Crippen molar-refractivity contribution in [3.8, 4) is 0 Å². The summed E-state index contributed by atoms with van der Waals surface area (Å²) in [6.07, 6.45) is 0. The zero-order chi connectivity index (χ0) is 13.3. The lowest BCUT2D eigenvalue weighted by molar-refractivity contribution is 0.177. The summed E-state index contributed by atoms with van der Waals surface area (Å²) in [6.45, 7) is 4.08. The Balaban J connectivity index is 0.00000180. The molecular weight excluding hydrogens is 319 g/mol. The van der Waals surface area contributed by atoms with E-state index in [1.165, 1.54) is 0 Å². The van der Waals surface area contributed by atoms with E-state index in [4.69, 9.17) is 0 Å². The number of halogens is 6. The first-order chi connectivity index (χ1) is 8.52. The highest BCUT2D eigenvalue weighted by Gasteiger charge is 2.27. The number of piperazine rings is 1. The highest BCUT2D eigenvalue weighted by Crippen LogP contribution is 2.28. The third-order valence-corrected chi connectivity index (χ3v) is 3.26. The van der Waals surface area contributed by atoms with Gasteiger partial charge in [0.25, 0.3) is 0 Å². The Morgan fingerprint density at radius 3 is 1.90 bits per heavy atom. The van der Waals surface area contributed by atoms with Crippen LogP contribution in [0.15, 0.2) is 6.07 Å². The maximum absolute atomic E-state index is 13.6. The molecule has 0 aromatic heterocycles. The first-order valence-corrected chi connectivity index (χ1v) is 5.80. The van der Waals surface area contributed by atoms with Crippen molar-refractivity contribution in [1.29, 1.82) is 0 Å². The van der Waals surface area contributed by atoms with E-state index in [1.807, 2.05) is 0 Å². The molecule has 0 saturated carbocycles. The van der Waals surface area contributed by atoms with Crippen molar-refractivity contribution in [2.24, 2.45) is 0 Å². The minimum atomic E-state index is -1.36. The second-order valence-electron chi connectivity index (χ2n) is 4.34. The summed E-state index contributed by atoms with van der Waals surface area (Å²) in [5, 5.41) is 3.10. The van der Waals surface area contributed by atoms with Gasteiger partial charge in [-0.2, -0.15) is 0 Å². The zero-order valence-electron chi connectivity index (χ0n) is 10.8. The van der Waals surface area contributed by atoms with Crippen LogP contribution in [0.25, 0.3) is 0 Å². The average molecular weight is 335 g/mol. The van der Waals surface area contributed by atoms with Crippen molar-refractivity contribution >= 4 is 24.8 Å². The molecule has 0 unspecified atom stereocenters. The van der Waals surface area contributed by atoms with Gasteiger partial charge in [-0.15, -0.1) is 24.8 Å². The summed E-state index contributed by atoms with van der Waals surface area (Å²) in [5.74, 6) is -5.32. The summed E-state index contributed by atoms with van der Waals surface area (Å²) >= 11 is 0. The molecule has 1 fully saturated rings. The van der Waals surface area contributed by atoms with E-state index in [2.05, 4.69) is 5.32 Å². The molecule has 0 bridgehead atoms. The molecule has 116 valence electrons. The van der Waals surface area contributed by atoms with Gasteiger partial charge in [-0.05, 0) is 6.92 Å². The molecule has 1 aromatic carbocycles. The monoisotopic (exact) mass is 334 g/mol. The van der Waals surface area contributed by atoms with Crippen LogP contribution in [0.4, 0.5) is 17.6 Å². The molecule has 8 heteroatoms. The van der Waals surface area contributed by atoms with Crippen molar-refractivity contribution < 1.29 is 17.6 Å². The van der Waals surface area contributed by atoms with Gasteiger partial charge in [0.15, 0.2) is 23.3 Å². The van der Waals surface area contributed by atoms with E-state index >= 15 is 0 Å². The molecule has 1 aliphatic rings. The number of hydrogen-bond acceptors (Lipinski definition) is 2. The van der Waals surface area contributed by atoms with Crippen LogP contribution in [-0.4, -0.2) is 31.1 Å². The van der Waals surface area contributed by atoms with Crippen LogP contribution >= 0.6 is 24.8 Å². The Morgan fingerprint density at radius 1 is 1.00 bits per heavy atom. The predicted molar refractivity (Wildman–Crippen MR) is 73.6 cm³/mol. The van der Waals surface area contributed by atoms with Crippen LogP contribution in [-0.2, 0) is 0 Å². The molecule has 1 aromatic rings. The van der Waals surface area contributed by atoms with Gasteiger partial charge in [-0.1, -0.05) is 0 Å². The molecule has 2 nitrogen and oxygen atoms in total. The lowest BCUT2D eigenvalue weighted by atomic mass is 10.0. The van der Waals surface area contributed by atoms with Gasteiger partial charge in [0.05, 0.1) is 0 Å². The Kier molecular flexibility index (Phi) is 7.80. The maximum Gasteiger partial charge on any atom is 0.166 e. The van der Waals surface area contributed by atoms with Crippen LogP contribution in [0.1, 0.15) is 18.5 Å². The van der Waals surface area contributed by atoms with Crippen LogP contribution in [0.3, 0.4) is 0 Å². The summed E-state index contributed by atoms with van der Waals surface area (Å²) in [5.41, 5.74) is -0.533. The second-order valence-corrected chi connectivity index (χ2v) is 4.34. The summed E-state index contributed by atoms with van der Waals surface area (Å²) in [4.78, 5) is 1.79. The third kappa shape index (κ3) is 3.75. The van der Waals surface area contributed by atoms with Crippen LogP contribution in [0, 0.1) is 23.3 Å². The maximum atomic E-state index is 13.6. The minimum Gasteiger partial charge on any atom is -0.314 e. The molecule has 1 atom stereocenters. The third-order valence-electron chi connectivity index (χ3n) is 3.26. The smallest absolute Gasteiger partial charge is 0.166 e. The molecular formula is C12H16Cl2F4N2. The fourth-order valence-electron chi connectivity index (χ4n) is 2.21. The molecule has 0 amide bonds. The van der Waals surface area contributed by atoms with E-state index in [-0.39, 0.29) is 30.9 Å². The highest BCUT2D eigenvalue weighted by atomic mass is 35.5. The largest absolute Gasteiger partial charge is 0.314 e. The lowest BCUT2D eigenvalue weighted by Gasteiger charge is -2.33. The Hall–Kier alpha value is -0.560. The molecule has 0 spiro atoms. The molecule has 20 heavy (non-hydrogen) atoms. The Morgan fingerprint density at radius 2 is 1.45 bits per heavy atom. The molecule has 1 N–H and O–H groups in total. The fraction of sp³-hybridized carbons (Fsp3) is 0.500. The number of rotatable bonds is 2. The quantitative estimate of drug-likeness (QED) is 0.660. The van der Waals surface area contributed by atoms with Crippen molar-refractivity contribution in [2.45, 2.75) is 13.0 Å². The normalized spacial score (nSPS) is 17.1. The van der Waals surface area contributed by atoms with Crippen molar-refractivity contribution in [2.75, 3.05) is 26.2 Å². The van der Waals surface area contributed by atoms with Crippen LogP contribution in [0.5, 0.6) is 0 Å². The summed E-state index contributed by atoms with van der Waals surface area (Å²) in [6, 6.07) is -0.462. The van der Waals surface area contributed by atoms with E-state index in [0.717, 1.165) is 0 Å². The van der Waals surface area contributed by atoms with E-state index in [0.29, 0.717) is 26.2 Å². The van der Waals surface area contributed by atoms with Gasteiger partial charge in [0, 0.05) is 43.9 Å². The van der Waals surface area contributed by atoms with Gasteiger partial charge in [-0.3, -0.25) is 4.90 Å². The van der Waals surface area contributed by atoms with E-state index in [9.17, 15) is 17.6 Å². The summed E-state index contributed by atoms with van der Waals surface area (Å²) < 4.78 is 53.5. The van der Waals surface area contributed by atoms with Gasteiger partial charge in [-0.25, -0.2) is 17.6 Å².